The summed E-state index contributed by atoms with van der Waals surface area (Å²) >= 11 is 0. The Morgan fingerprint density at radius 3 is 2.43 bits per heavy atom. The zero-order valence-corrected chi connectivity index (χ0v) is 32.6. The summed E-state index contributed by atoms with van der Waals surface area (Å²) in [4.78, 5) is 48.5. The van der Waals surface area contributed by atoms with E-state index >= 15 is 0 Å². The number of ether oxygens (including phenoxy) is 2. The molecule has 6 rings (SSSR count). The fourth-order valence-electron chi connectivity index (χ4n) is 7.30. The molecular weight excluding hydrogens is 697 g/mol. The van der Waals surface area contributed by atoms with Crippen molar-refractivity contribution in [2.75, 3.05) is 12.3 Å². The molecule has 1 saturated heterocycles. The average Bonchev–Trinajstić information content (AvgIpc) is 3.98. The highest BCUT2D eigenvalue weighted by molar-refractivity contribution is 7.92. The van der Waals surface area contributed by atoms with Gasteiger partial charge in [-0.3, -0.25) is 14.4 Å². The number of pyridine rings is 1. The van der Waals surface area contributed by atoms with Gasteiger partial charge in [-0.2, -0.15) is 0 Å². The van der Waals surface area contributed by atoms with Gasteiger partial charge in [-0.15, -0.1) is 6.58 Å². The maximum absolute atomic E-state index is 14.7. The summed E-state index contributed by atoms with van der Waals surface area (Å²) in [5.41, 5.74) is 0.838. The van der Waals surface area contributed by atoms with Crippen LogP contribution < -0.4 is 10.1 Å². The number of nitrogens with one attached hydrogen (secondary N) is 1. The molecule has 12 nitrogen and oxygen atoms in total. The molecule has 1 aromatic carbocycles. The molecule has 2 amide bonds. The van der Waals surface area contributed by atoms with E-state index in [1.54, 1.807) is 39.8 Å². The number of benzene rings is 1. The summed E-state index contributed by atoms with van der Waals surface area (Å²) < 4.78 is 43.6. The standard InChI is InChI=1S/C40H52N4O8S/c1-9-26-22-40(26,17-18-53(48,49)28-15-16-28)42-36(46)31-19-27(23-44(31)37(47)29(38(3,4)5)20-33(45)51-39(6,7)8)50-32-21-30(25-13-11-10-12-14-25)41-34-24(2)43-52-35(32)34/h9-14,21,26-29,31H,1,15-20,22-23H2,2-8H3,(H,42,46)/t26-,27-,29-,31+,40-/m1/s1. The minimum atomic E-state index is -3.26. The summed E-state index contributed by atoms with van der Waals surface area (Å²) in [5, 5.41) is 7.00. The predicted molar refractivity (Wildman–Crippen MR) is 201 cm³/mol. The number of carbonyl (C=O) groups excluding carboxylic acids is 3. The lowest BCUT2D eigenvalue weighted by Gasteiger charge is -2.35. The highest BCUT2D eigenvalue weighted by atomic mass is 32.2. The normalized spacial score (nSPS) is 23.8. The number of carbonyl (C=O) groups is 3. The Balaban J connectivity index is 1.31. The van der Waals surface area contributed by atoms with Gasteiger partial charge in [-0.1, -0.05) is 62.3 Å². The molecule has 0 unspecified atom stereocenters. The van der Waals surface area contributed by atoms with Gasteiger partial charge >= 0.3 is 5.97 Å². The van der Waals surface area contributed by atoms with E-state index in [-0.39, 0.29) is 48.6 Å². The number of hydrogen-bond donors (Lipinski definition) is 1. The number of likely N-dealkylation sites (tertiary alicyclic amines) is 1. The topological polar surface area (TPSA) is 158 Å². The van der Waals surface area contributed by atoms with Gasteiger partial charge < -0.3 is 24.2 Å². The van der Waals surface area contributed by atoms with Crippen molar-refractivity contribution in [1.29, 1.82) is 0 Å². The number of aryl methyl sites for hydroxylation is 1. The van der Waals surface area contributed by atoms with Crippen LogP contribution in [-0.2, 0) is 29.0 Å². The van der Waals surface area contributed by atoms with Crippen LogP contribution >= 0.6 is 0 Å². The first kappa shape index (κ1) is 38.5. The van der Waals surface area contributed by atoms with E-state index in [2.05, 4.69) is 17.1 Å². The molecule has 0 spiro atoms. The monoisotopic (exact) mass is 748 g/mol. The minimum absolute atomic E-state index is 0.0261. The van der Waals surface area contributed by atoms with Crippen molar-refractivity contribution in [3.8, 4) is 17.0 Å². The first-order valence-electron chi connectivity index (χ1n) is 18.5. The van der Waals surface area contributed by atoms with E-state index in [0.717, 1.165) is 5.56 Å². The Morgan fingerprint density at radius 1 is 1.13 bits per heavy atom. The largest absolute Gasteiger partial charge is 0.484 e. The van der Waals surface area contributed by atoms with E-state index in [1.807, 2.05) is 51.1 Å². The molecule has 1 N–H and O–H groups in total. The Morgan fingerprint density at radius 2 is 1.83 bits per heavy atom. The van der Waals surface area contributed by atoms with Gasteiger partial charge in [0.05, 0.1) is 35.6 Å². The van der Waals surface area contributed by atoms with Crippen LogP contribution in [-0.4, -0.2) is 82.1 Å². The average molecular weight is 749 g/mol. The van der Waals surface area contributed by atoms with Crippen molar-refractivity contribution in [3.63, 3.8) is 0 Å². The zero-order chi connectivity index (χ0) is 38.5. The molecule has 53 heavy (non-hydrogen) atoms. The summed E-state index contributed by atoms with van der Waals surface area (Å²) in [6, 6.07) is 10.4. The second-order valence-corrected chi connectivity index (χ2v) is 19.4. The Labute approximate surface area is 312 Å². The van der Waals surface area contributed by atoms with Crippen molar-refractivity contribution < 1.29 is 36.8 Å². The number of nitrogens with zero attached hydrogens (tertiary/aromatic N) is 3. The third-order valence-corrected chi connectivity index (χ3v) is 12.8. The molecule has 0 bridgehead atoms. The molecule has 2 saturated carbocycles. The van der Waals surface area contributed by atoms with Crippen LogP contribution in [0.3, 0.4) is 0 Å². The number of hydrogen-bond acceptors (Lipinski definition) is 10. The zero-order valence-electron chi connectivity index (χ0n) is 31.8. The fourth-order valence-corrected chi connectivity index (χ4v) is 9.13. The number of sulfone groups is 1. The Kier molecular flexibility index (Phi) is 10.3. The Hall–Kier alpha value is -4.26. The number of rotatable bonds is 13. The summed E-state index contributed by atoms with van der Waals surface area (Å²) in [5.74, 6) is -1.81. The summed E-state index contributed by atoms with van der Waals surface area (Å²) in [6.45, 7) is 16.8. The molecule has 13 heteroatoms. The van der Waals surface area contributed by atoms with Crippen molar-refractivity contribution in [3.05, 3.63) is 54.7 Å². The van der Waals surface area contributed by atoms with E-state index in [9.17, 15) is 22.8 Å². The van der Waals surface area contributed by atoms with Crippen LogP contribution in [0.4, 0.5) is 0 Å². The summed E-state index contributed by atoms with van der Waals surface area (Å²) in [6.07, 6.45) is 3.27. The SMILES string of the molecule is C=C[C@@H]1C[C@@]1(CCS(=O)(=O)C1CC1)NC(=O)[C@@H]1C[C@@H](Oc2cc(-c3ccccc3)nc3c(C)noc23)CN1C(=O)[C@@H](CC(=O)OC(C)(C)C)C(C)(C)C. The van der Waals surface area contributed by atoms with Crippen LogP contribution in [0.15, 0.2) is 53.6 Å². The first-order chi connectivity index (χ1) is 24.8. The highest BCUT2D eigenvalue weighted by Crippen LogP contribution is 2.48. The van der Waals surface area contributed by atoms with Crippen molar-refractivity contribution in [2.24, 2.45) is 17.3 Å². The highest BCUT2D eigenvalue weighted by Gasteiger charge is 2.56. The van der Waals surface area contributed by atoms with Crippen LogP contribution in [0, 0.1) is 24.2 Å². The lowest BCUT2D eigenvalue weighted by molar-refractivity contribution is -0.161. The molecule has 5 atom stereocenters. The minimum Gasteiger partial charge on any atom is -0.484 e. The lowest BCUT2D eigenvalue weighted by Crippen LogP contribution is -2.53. The van der Waals surface area contributed by atoms with Crippen LogP contribution in [0.5, 0.6) is 5.75 Å². The maximum Gasteiger partial charge on any atom is 0.307 e. The first-order valence-corrected chi connectivity index (χ1v) is 20.2. The lowest BCUT2D eigenvalue weighted by atomic mass is 9.77. The van der Waals surface area contributed by atoms with Gasteiger partial charge in [0.2, 0.25) is 17.4 Å². The molecule has 3 aromatic rings. The van der Waals surface area contributed by atoms with E-state index in [0.29, 0.717) is 47.5 Å². The predicted octanol–water partition coefficient (Wildman–Crippen LogP) is 5.97. The van der Waals surface area contributed by atoms with Crippen LogP contribution in [0.2, 0.25) is 0 Å². The second-order valence-electron chi connectivity index (χ2n) is 17.0. The smallest absolute Gasteiger partial charge is 0.307 e. The second kappa shape index (κ2) is 14.2. The van der Waals surface area contributed by atoms with Gasteiger partial charge in [-0.05, 0) is 58.8 Å². The number of amides is 2. The fraction of sp³-hybridized carbons (Fsp3) is 0.575. The quantitative estimate of drug-likeness (QED) is 0.163. The van der Waals surface area contributed by atoms with Gasteiger partial charge in [-0.25, -0.2) is 13.4 Å². The van der Waals surface area contributed by atoms with Crippen molar-refractivity contribution >= 4 is 38.7 Å². The number of esters is 1. The van der Waals surface area contributed by atoms with E-state index in [1.165, 1.54) is 4.90 Å². The molecule has 3 heterocycles. The number of fused-ring (bicyclic) bond motifs is 1. The molecule has 286 valence electrons. The van der Waals surface area contributed by atoms with E-state index in [4.69, 9.17) is 19.0 Å². The maximum atomic E-state index is 14.7. The van der Waals surface area contributed by atoms with E-state index < -0.39 is 56.3 Å². The molecule has 3 fully saturated rings. The van der Waals surface area contributed by atoms with Gasteiger partial charge in [0.15, 0.2) is 15.6 Å². The third-order valence-electron chi connectivity index (χ3n) is 10.6. The Bertz CT molecular complexity index is 1990. The van der Waals surface area contributed by atoms with Crippen molar-refractivity contribution in [2.45, 2.75) is 116 Å². The van der Waals surface area contributed by atoms with Crippen LogP contribution in [0.25, 0.3) is 22.4 Å². The molecule has 2 aliphatic carbocycles. The summed E-state index contributed by atoms with van der Waals surface area (Å²) in [7, 11) is -3.26. The van der Waals surface area contributed by atoms with Crippen molar-refractivity contribution in [1.82, 2.24) is 20.4 Å². The molecular formula is C40H52N4O8S. The van der Waals surface area contributed by atoms with Crippen LogP contribution in [0.1, 0.15) is 85.8 Å². The van der Waals surface area contributed by atoms with Gasteiger partial charge in [0.25, 0.3) is 0 Å². The third kappa shape index (κ3) is 8.60. The van der Waals surface area contributed by atoms with Gasteiger partial charge in [0.1, 0.15) is 29.0 Å². The molecule has 2 aromatic heterocycles. The molecule has 1 aliphatic heterocycles. The van der Waals surface area contributed by atoms with Gasteiger partial charge in [0, 0.05) is 29.5 Å². The molecule has 3 aliphatic rings. The number of aromatic nitrogens is 2. The molecule has 0 radical (unpaired) electrons.